The Labute approximate surface area is 110 Å². The number of nitrogens with one attached hydrogen (secondary N) is 1. The van der Waals surface area contributed by atoms with Gasteiger partial charge < -0.3 is 14.8 Å². The molecule has 0 spiro atoms. The molecule has 3 rings (SSSR count). The monoisotopic (exact) mass is 254 g/mol. The van der Waals surface area contributed by atoms with Crippen molar-refractivity contribution < 1.29 is 9.84 Å². The number of imidazole rings is 1. The molecule has 0 saturated carbocycles. The van der Waals surface area contributed by atoms with Gasteiger partial charge in [0, 0.05) is 6.07 Å². The number of H-pyrrole nitrogens is 1. The van der Waals surface area contributed by atoms with Crippen LogP contribution in [0.15, 0.2) is 42.5 Å². The van der Waals surface area contributed by atoms with Gasteiger partial charge in [-0.25, -0.2) is 4.98 Å². The van der Waals surface area contributed by atoms with E-state index in [2.05, 4.69) is 9.97 Å². The van der Waals surface area contributed by atoms with Crippen molar-refractivity contribution in [1.82, 2.24) is 9.97 Å². The van der Waals surface area contributed by atoms with Gasteiger partial charge in [0.25, 0.3) is 0 Å². The van der Waals surface area contributed by atoms with Gasteiger partial charge in [-0.2, -0.15) is 0 Å². The topological polar surface area (TPSA) is 58.1 Å². The molecule has 2 N–H and O–H groups in total. The van der Waals surface area contributed by atoms with Crippen molar-refractivity contribution in [2.45, 2.75) is 13.5 Å². The highest BCUT2D eigenvalue weighted by molar-refractivity contribution is 5.76. The summed E-state index contributed by atoms with van der Waals surface area (Å²) in [7, 11) is 0. The number of phenols is 1. The van der Waals surface area contributed by atoms with E-state index in [1.54, 1.807) is 18.2 Å². The molecule has 19 heavy (non-hydrogen) atoms. The van der Waals surface area contributed by atoms with Crippen LogP contribution in [0.4, 0.5) is 0 Å². The fourth-order valence-corrected chi connectivity index (χ4v) is 1.98. The van der Waals surface area contributed by atoms with Gasteiger partial charge in [-0.15, -0.1) is 0 Å². The van der Waals surface area contributed by atoms with Crippen molar-refractivity contribution in [1.29, 1.82) is 0 Å². The third kappa shape index (κ3) is 2.52. The molecule has 0 aliphatic carbocycles. The fourth-order valence-electron chi connectivity index (χ4n) is 1.98. The number of aromatic hydroxyl groups is 1. The Kier molecular flexibility index (Phi) is 2.83. The Bertz CT molecular complexity index is 719. The third-order valence-electron chi connectivity index (χ3n) is 2.88. The number of phenolic OH excluding ortho intramolecular Hbond substituents is 1. The molecule has 96 valence electrons. The van der Waals surface area contributed by atoms with Crippen molar-refractivity contribution in [3.63, 3.8) is 0 Å². The first kappa shape index (κ1) is 11.6. The standard InChI is InChI=1S/C15H14N2O2/c1-10-3-2-4-12(7-10)19-9-15-16-13-6-5-11(18)8-14(13)17-15/h2-8,18H,9H2,1H3,(H,16,17). The minimum absolute atomic E-state index is 0.224. The predicted molar refractivity (Wildman–Crippen MR) is 73.3 cm³/mol. The highest BCUT2D eigenvalue weighted by atomic mass is 16.5. The number of aromatic amines is 1. The lowest BCUT2D eigenvalue weighted by Gasteiger charge is -2.04. The van der Waals surface area contributed by atoms with E-state index in [9.17, 15) is 5.11 Å². The van der Waals surface area contributed by atoms with E-state index in [0.29, 0.717) is 6.61 Å². The second-order valence-electron chi connectivity index (χ2n) is 4.49. The molecule has 0 unspecified atom stereocenters. The molecule has 0 fully saturated rings. The molecule has 0 saturated heterocycles. The Morgan fingerprint density at radius 2 is 2.11 bits per heavy atom. The predicted octanol–water partition coefficient (Wildman–Crippen LogP) is 3.16. The van der Waals surface area contributed by atoms with Crippen LogP contribution in [0.2, 0.25) is 0 Å². The molecular weight excluding hydrogens is 240 g/mol. The van der Waals surface area contributed by atoms with Gasteiger partial charge in [0.05, 0.1) is 11.0 Å². The van der Waals surface area contributed by atoms with Crippen molar-refractivity contribution in [3.8, 4) is 11.5 Å². The SMILES string of the molecule is Cc1cccc(OCc2nc3ccc(O)cc3[nH]2)c1. The van der Waals surface area contributed by atoms with Gasteiger partial charge in [0.15, 0.2) is 0 Å². The molecule has 1 heterocycles. The average molecular weight is 254 g/mol. The maximum Gasteiger partial charge on any atom is 0.146 e. The second kappa shape index (κ2) is 4.65. The molecule has 0 bridgehead atoms. The summed E-state index contributed by atoms with van der Waals surface area (Å²) in [4.78, 5) is 7.52. The molecule has 4 heteroatoms. The van der Waals surface area contributed by atoms with E-state index < -0.39 is 0 Å². The number of aryl methyl sites for hydroxylation is 1. The molecule has 1 aromatic heterocycles. The van der Waals surface area contributed by atoms with E-state index in [1.165, 1.54) is 0 Å². The van der Waals surface area contributed by atoms with Gasteiger partial charge in [-0.3, -0.25) is 0 Å². The van der Waals surface area contributed by atoms with E-state index in [1.807, 2.05) is 31.2 Å². The van der Waals surface area contributed by atoms with Crippen LogP contribution in [0, 0.1) is 6.92 Å². The summed E-state index contributed by atoms with van der Waals surface area (Å²) in [6, 6.07) is 12.9. The minimum atomic E-state index is 0.224. The van der Waals surface area contributed by atoms with Gasteiger partial charge >= 0.3 is 0 Å². The summed E-state index contributed by atoms with van der Waals surface area (Å²) in [5.74, 6) is 1.78. The van der Waals surface area contributed by atoms with Crippen LogP contribution in [-0.4, -0.2) is 15.1 Å². The first-order chi connectivity index (χ1) is 9.20. The van der Waals surface area contributed by atoms with Crippen LogP contribution in [0.5, 0.6) is 11.5 Å². The minimum Gasteiger partial charge on any atom is -0.508 e. The highest BCUT2D eigenvalue weighted by Crippen LogP contribution is 2.19. The molecule has 0 amide bonds. The molecule has 0 aliphatic heterocycles. The van der Waals surface area contributed by atoms with Crippen molar-refractivity contribution in [3.05, 3.63) is 53.9 Å². The number of fused-ring (bicyclic) bond motifs is 1. The molecule has 0 atom stereocenters. The average Bonchev–Trinajstić information content (AvgIpc) is 2.78. The Morgan fingerprint density at radius 3 is 2.95 bits per heavy atom. The van der Waals surface area contributed by atoms with Crippen LogP contribution < -0.4 is 4.74 Å². The van der Waals surface area contributed by atoms with Crippen LogP contribution >= 0.6 is 0 Å². The lowest BCUT2D eigenvalue weighted by molar-refractivity contribution is 0.297. The zero-order chi connectivity index (χ0) is 13.2. The van der Waals surface area contributed by atoms with Crippen LogP contribution in [-0.2, 0) is 6.61 Å². The normalized spacial score (nSPS) is 10.8. The van der Waals surface area contributed by atoms with Crippen molar-refractivity contribution in [2.24, 2.45) is 0 Å². The maximum atomic E-state index is 9.40. The largest absolute Gasteiger partial charge is 0.508 e. The van der Waals surface area contributed by atoms with E-state index in [-0.39, 0.29) is 5.75 Å². The van der Waals surface area contributed by atoms with E-state index in [0.717, 1.165) is 28.2 Å². The Morgan fingerprint density at radius 1 is 1.21 bits per heavy atom. The van der Waals surface area contributed by atoms with Gasteiger partial charge in [-0.1, -0.05) is 12.1 Å². The lowest BCUT2D eigenvalue weighted by atomic mass is 10.2. The van der Waals surface area contributed by atoms with Gasteiger partial charge in [-0.05, 0) is 36.8 Å². The van der Waals surface area contributed by atoms with Gasteiger partial charge in [0.2, 0.25) is 0 Å². The fraction of sp³-hybridized carbons (Fsp3) is 0.133. The van der Waals surface area contributed by atoms with Gasteiger partial charge in [0.1, 0.15) is 23.9 Å². The second-order valence-corrected chi connectivity index (χ2v) is 4.49. The smallest absolute Gasteiger partial charge is 0.146 e. The molecule has 0 aliphatic rings. The summed E-state index contributed by atoms with van der Waals surface area (Å²) >= 11 is 0. The van der Waals surface area contributed by atoms with Crippen molar-refractivity contribution >= 4 is 11.0 Å². The van der Waals surface area contributed by atoms with Crippen molar-refractivity contribution in [2.75, 3.05) is 0 Å². The van der Waals surface area contributed by atoms with Crippen LogP contribution in [0.3, 0.4) is 0 Å². The molecular formula is C15H14N2O2. The molecule has 3 aromatic rings. The number of benzene rings is 2. The molecule has 2 aromatic carbocycles. The first-order valence-electron chi connectivity index (χ1n) is 6.08. The summed E-state index contributed by atoms with van der Waals surface area (Å²) in [5, 5.41) is 9.40. The van der Waals surface area contributed by atoms with E-state index >= 15 is 0 Å². The molecule has 4 nitrogen and oxygen atoms in total. The maximum absolute atomic E-state index is 9.40. The highest BCUT2D eigenvalue weighted by Gasteiger charge is 2.04. The number of aromatic nitrogens is 2. The number of rotatable bonds is 3. The van der Waals surface area contributed by atoms with E-state index in [4.69, 9.17) is 4.74 Å². The third-order valence-corrected chi connectivity index (χ3v) is 2.88. The summed E-state index contributed by atoms with van der Waals surface area (Å²) < 4.78 is 5.68. The summed E-state index contributed by atoms with van der Waals surface area (Å²) in [6.45, 7) is 2.40. The number of hydrogen-bond donors (Lipinski definition) is 2. The lowest BCUT2D eigenvalue weighted by Crippen LogP contribution is -1.97. The Hall–Kier alpha value is -2.49. The number of hydrogen-bond acceptors (Lipinski definition) is 3. The Balaban J connectivity index is 1.78. The number of ether oxygens (including phenoxy) is 1. The zero-order valence-electron chi connectivity index (χ0n) is 10.6. The van der Waals surface area contributed by atoms with Crippen LogP contribution in [0.1, 0.15) is 11.4 Å². The summed E-state index contributed by atoms with van der Waals surface area (Å²) in [5.41, 5.74) is 2.79. The quantitative estimate of drug-likeness (QED) is 0.754. The van der Waals surface area contributed by atoms with Crippen LogP contribution in [0.25, 0.3) is 11.0 Å². The molecule has 0 radical (unpaired) electrons. The zero-order valence-corrected chi connectivity index (χ0v) is 10.6. The number of nitrogens with zero attached hydrogens (tertiary/aromatic N) is 1. The first-order valence-corrected chi connectivity index (χ1v) is 6.08. The summed E-state index contributed by atoms with van der Waals surface area (Å²) in [6.07, 6.45) is 0.